The van der Waals surface area contributed by atoms with Gasteiger partial charge in [0, 0.05) is 12.3 Å². The highest BCUT2D eigenvalue weighted by molar-refractivity contribution is 5.59. The van der Waals surface area contributed by atoms with Crippen LogP contribution in [-0.4, -0.2) is 50.6 Å². The molecule has 0 amide bonds. The van der Waals surface area contributed by atoms with E-state index in [1.54, 1.807) is 13.8 Å². The summed E-state index contributed by atoms with van der Waals surface area (Å²) in [5.74, 6) is -0.250. The van der Waals surface area contributed by atoms with Crippen molar-refractivity contribution in [3.63, 3.8) is 0 Å². The molecule has 0 radical (unpaired) electrons. The molecule has 0 N–H and O–H groups in total. The number of rotatable bonds is 7. The molecule has 1 aliphatic heterocycles. The molecule has 1 saturated heterocycles. The third kappa shape index (κ3) is 8.24. The average Bonchev–Trinajstić information content (AvgIpc) is 2.36. The van der Waals surface area contributed by atoms with E-state index in [1.165, 1.54) is 0 Å². The highest BCUT2D eigenvalue weighted by Gasteiger charge is 2.28. The first-order valence-corrected chi connectivity index (χ1v) is 7.51. The van der Waals surface area contributed by atoms with E-state index in [0.29, 0.717) is 26.2 Å². The maximum absolute atomic E-state index is 11.2. The maximum atomic E-state index is 11.2. The Morgan fingerprint density at radius 1 is 1.24 bits per heavy atom. The quantitative estimate of drug-likeness (QED) is 0.674. The van der Waals surface area contributed by atoms with E-state index in [0.717, 1.165) is 0 Å². The summed E-state index contributed by atoms with van der Waals surface area (Å²) in [7, 11) is 0. The molecule has 1 rings (SSSR count). The van der Waals surface area contributed by atoms with Crippen LogP contribution >= 0.6 is 0 Å². The number of hydrogen-bond acceptors (Lipinski definition) is 6. The van der Waals surface area contributed by atoms with Crippen molar-refractivity contribution in [1.82, 2.24) is 0 Å². The summed E-state index contributed by atoms with van der Waals surface area (Å²) in [6.45, 7) is 11.5. The summed E-state index contributed by atoms with van der Waals surface area (Å²) >= 11 is 0. The van der Waals surface area contributed by atoms with Crippen LogP contribution in [0.3, 0.4) is 0 Å². The average molecular weight is 304 g/mol. The number of hydrogen-bond donors (Lipinski definition) is 0. The van der Waals surface area contributed by atoms with E-state index in [1.807, 2.05) is 20.8 Å². The molecule has 21 heavy (non-hydrogen) atoms. The van der Waals surface area contributed by atoms with Crippen molar-refractivity contribution >= 4 is 6.16 Å². The molecule has 6 nitrogen and oxygen atoms in total. The summed E-state index contributed by atoms with van der Waals surface area (Å²) in [5.41, 5.74) is 0. The standard InChI is InChI=1S/C15H28O6/c1-11(2)21-14(16)17-7-6-12(3)18-8-13-9-19-15(4,5)20-10-13/h11-13H,6-10H2,1-5H3. The lowest BCUT2D eigenvalue weighted by Crippen LogP contribution is -2.41. The van der Waals surface area contributed by atoms with Crippen LogP contribution in [0.4, 0.5) is 4.79 Å². The predicted molar refractivity (Wildman–Crippen MR) is 77.1 cm³/mol. The summed E-state index contributed by atoms with van der Waals surface area (Å²) in [6, 6.07) is 0. The highest BCUT2D eigenvalue weighted by Crippen LogP contribution is 2.20. The molecule has 0 saturated carbocycles. The van der Waals surface area contributed by atoms with Crippen LogP contribution < -0.4 is 0 Å². The maximum Gasteiger partial charge on any atom is 0.508 e. The van der Waals surface area contributed by atoms with Crippen LogP contribution in [0, 0.1) is 5.92 Å². The zero-order chi connectivity index (χ0) is 15.9. The molecule has 1 aliphatic rings. The molecule has 0 aromatic rings. The Kier molecular flexibility index (Phi) is 7.42. The van der Waals surface area contributed by atoms with E-state index in [-0.39, 0.29) is 24.7 Å². The normalized spacial score (nSPS) is 20.3. The molecular weight excluding hydrogens is 276 g/mol. The molecule has 1 unspecified atom stereocenters. The van der Waals surface area contributed by atoms with Gasteiger partial charge in [-0.2, -0.15) is 0 Å². The fraction of sp³-hybridized carbons (Fsp3) is 0.933. The Morgan fingerprint density at radius 3 is 2.43 bits per heavy atom. The van der Waals surface area contributed by atoms with Gasteiger partial charge in [0.2, 0.25) is 0 Å². The minimum atomic E-state index is -0.631. The van der Waals surface area contributed by atoms with Gasteiger partial charge in [0.25, 0.3) is 0 Å². The summed E-state index contributed by atoms with van der Waals surface area (Å²) in [6.07, 6.45) is -0.158. The summed E-state index contributed by atoms with van der Waals surface area (Å²) in [4.78, 5) is 11.2. The van der Waals surface area contributed by atoms with Crippen molar-refractivity contribution in [3.05, 3.63) is 0 Å². The molecule has 0 aliphatic carbocycles. The van der Waals surface area contributed by atoms with Gasteiger partial charge in [-0.05, 0) is 34.6 Å². The molecule has 6 heteroatoms. The fourth-order valence-corrected chi connectivity index (χ4v) is 1.74. The van der Waals surface area contributed by atoms with E-state index < -0.39 is 11.9 Å². The zero-order valence-corrected chi connectivity index (χ0v) is 13.7. The van der Waals surface area contributed by atoms with Gasteiger partial charge in [-0.3, -0.25) is 0 Å². The Morgan fingerprint density at radius 2 is 1.86 bits per heavy atom. The SMILES string of the molecule is CC(C)OC(=O)OCCC(C)OCC1COC(C)(C)OC1. The van der Waals surface area contributed by atoms with E-state index in [2.05, 4.69) is 0 Å². The van der Waals surface area contributed by atoms with Crippen molar-refractivity contribution in [2.45, 2.75) is 59.0 Å². The van der Waals surface area contributed by atoms with Crippen molar-refractivity contribution in [1.29, 1.82) is 0 Å². The lowest BCUT2D eigenvalue weighted by molar-refractivity contribution is -0.267. The van der Waals surface area contributed by atoms with E-state index in [9.17, 15) is 4.79 Å². The number of carbonyl (C=O) groups excluding carboxylic acids is 1. The summed E-state index contributed by atoms with van der Waals surface area (Å²) < 4.78 is 26.7. The van der Waals surface area contributed by atoms with Crippen LogP contribution in [0.25, 0.3) is 0 Å². The lowest BCUT2D eigenvalue weighted by Gasteiger charge is -2.35. The van der Waals surface area contributed by atoms with Gasteiger partial charge in [-0.25, -0.2) is 4.79 Å². The molecule has 1 fully saturated rings. The van der Waals surface area contributed by atoms with E-state index >= 15 is 0 Å². The molecular formula is C15H28O6. The van der Waals surface area contributed by atoms with Gasteiger partial charge >= 0.3 is 6.16 Å². The molecule has 1 atom stereocenters. The molecule has 124 valence electrons. The van der Waals surface area contributed by atoms with Crippen LogP contribution in [0.1, 0.15) is 41.0 Å². The smallest absolute Gasteiger partial charge is 0.434 e. The highest BCUT2D eigenvalue weighted by atomic mass is 16.7. The van der Waals surface area contributed by atoms with Gasteiger partial charge in [0.05, 0.1) is 38.6 Å². The third-order valence-electron chi connectivity index (χ3n) is 3.03. The third-order valence-corrected chi connectivity index (χ3v) is 3.03. The minimum Gasteiger partial charge on any atom is -0.434 e. The van der Waals surface area contributed by atoms with Crippen LogP contribution in [0.5, 0.6) is 0 Å². The van der Waals surface area contributed by atoms with E-state index in [4.69, 9.17) is 23.7 Å². The first-order valence-electron chi connectivity index (χ1n) is 7.51. The Balaban J connectivity index is 2.06. The van der Waals surface area contributed by atoms with Crippen LogP contribution in [-0.2, 0) is 23.7 Å². The second-order valence-electron chi connectivity index (χ2n) is 6.09. The van der Waals surface area contributed by atoms with Gasteiger partial charge in [-0.15, -0.1) is 0 Å². The lowest BCUT2D eigenvalue weighted by atomic mass is 10.1. The van der Waals surface area contributed by atoms with Gasteiger partial charge in [-0.1, -0.05) is 0 Å². The van der Waals surface area contributed by atoms with Gasteiger partial charge < -0.3 is 23.7 Å². The molecule has 0 aromatic heterocycles. The Labute approximate surface area is 127 Å². The molecule has 0 bridgehead atoms. The van der Waals surface area contributed by atoms with Gasteiger partial charge in [0.15, 0.2) is 5.79 Å². The fourth-order valence-electron chi connectivity index (χ4n) is 1.74. The topological polar surface area (TPSA) is 63.2 Å². The van der Waals surface area contributed by atoms with Crippen molar-refractivity contribution in [2.24, 2.45) is 5.92 Å². The first-order chi connectivity index (χ1) is 9.78. The van der Waals surface area contributed by atoms with Crippen molar-refractivity contribution in [3.8, 4) is 0 Å². The minimum absolute atomic E-state index is 0.00628. The largest absolute Gasteiger partial charge is 0.508 e. The monoisotopic (exact) mass is 304 g/mol. The van der Waals surface area contributed by atoms with Crippen LogP contribution in [0.2, 0.25) is 0 Å². The summed E-state index contributed by atoms with van der Waals surface area (Å²) in [5, 5.41) is 0. The Bertz CT molecular complexity index is 305. The predicted octanol–water partition coefficient (Wildman–Crippen LogP) is 2.74. The van der Waals surface area contributed by atoms with Crippen molar-refractivity contribution in [2.75, 3.05) is 26.4 Å². The molecule has 0 aromatic carbocycles. The number of carbonyl (C=O) groups is 1. The second kappa shape index (κ2) is 8.56. The van der Waals surface area contributed by atoms with Crippen LogP contribution in [0.15, 0.2) is 0 Å². The first kappa shape index (κ1) is 18.2. The zero-order valence-electron chi connectivity index (χ0n) is 13.7. The second-order valence-corrected chi connectivity index (χ2v) is 6.09. The van der Waals surface area contributed by atoms with Gasteiger partial charge in [0.1, 0.15) is 0 Å². The number of ether oxygens (including phenoxy) is 5. The molecule has 1 heterocycles. The molecule has 0 spiro atoms. The Hall–Kier alpha value is -0.850. The van der Waals surface area contributed by atoms with Crippen molar-refractivity contribution < 1.29 is 28.5 Å².